The highest BCUT2D eigenvalue weighted by Crippen LogP contribution is 2.41. The van der Waals surface area contributed by atoms with Crippen LogP contribution in [0.4, 0.5) is 10.1 Å². The summed E-state index contributed by atoms with van der Waals surface area (Å²) in [6.45, 7) is 5.35. The molecule has 3 heterocycles. The van der Waals surface area contributed by atoms with E-state index in [4.69, 9.17) is 0 Å². The van der Waals surface area contributed by atoms with Crippen LogP contribution in [-0.2, 0) is 9.84 Å². The highest BCUT2D eigenvalue weighted by molar-refractivity contribution is 7.91. The number of fused-ring (bicyclic) bond motifs is 1. The quantitative estimate of drug-likeness (QED) is 0.410. The maximum absolute atomic E-state index is 14.9. The van der Waals surface area contributed by atoms with Crippen LogP contribution in [0.1, 0.15) is 5.69 Å². The molecular formula is C24H24FN5O3S. The third kappa shape index (κ3) is 3.88. The van der Waals surface area contributed by atoms with Gasteiger partial charge in [-0.05, 0) is 36.8 Å². The molecule has 0 unspecified atom stereocenters. The number of aromatic nitrogens is 3. The summed E-state index contributed by atoms with van der Waals surface area (Å²) in [5.41, 5.74) is 3.03. The first-order chi connectivity index (χ1) is 16.2. The van der Waals surface area contributed by atoms with E-state index in [9.17, 15) is 17.9 Å². The molecule has 0 aliphatic carbocycles. The van der Waals surface area contributed by atoms with Gasteiger partial charge in [0.2, 0.25) is 0 Å². The predicted octanol–water partition coefficient (Wildman–Crippen LogP) is 3.26. The number of nitrogens with zero attached hydrogens (tertiary/aromatic N) is 3. The van der Waals surface area contributed by atoms with Crippen molar-refractivity contribution >= 4 is 26.6 Å². The maximum atomic E-state index is 14.9. The Morgan fingerprint density at radius 2 is 1.79 bits per heavy atom. The number of aryl methyl sites for hydroxylation is 1. The average molecular weight is 482 g/mol. The predicted molar refractivity (Wildman–Crippen MR) is 129 cm³/mol. The van der Waals surface area contributed by atoms with Crippen molar-refractivity contribution in [2.45, 2.75) is 11.8 Å². The fourth-order valence-corrected chi connectivity index (χ4v) is 5.57. The molecular weight excluding hydrogens is 457 g/mol. The van der Waals surface area contributed by atoms with Gasteiger partial charge in [0.25, 0.3) is 0 Å². The third-order valence-electron chi connectivity index (χ3n) is 6.06. The second-order valence-electron chi connectivity index (χ2n) is 8.42. The van der Waals surface area contributed by atoms with Crippen LogP contribution in [0.25, 0.3) is 33.4 Å². The summed E-state index contributed by atoms with van der Waals surface area (Å²) >= 11 is 0. The van der Waals surface area contributed by atoms with E-state index in [1.165, 1.54) is 12.1 Å². The van der Waals surface area contributed by atoms with E-state index < -0.39 is 15.7 Å². The molecule has 34 heavy (non-hydrogen) atoms. The monoisotopic (exact) mass is 481 g/mol. The third-order valence-corrected chi connectivity index (χ3v) is 7.20. The summed E-state index contributed by atoms with van der Waals surface area (Å²) in [6, 6.07) is 11.3. The van der Waals surface area contributed by atoms with Crippen LogP contribution in [0.2, 0.25) is 0 Å². The Labute approximate surface area is 196 Å². The van der Waals surface area contributed by atoms with Crippen molar-refractivity contribution in [3.63, 3.8) is 0 Å². The van der Waals surface area contributed by atoms with Crippen LogP contribution in [0.5, 0.6) is 5.75 Å². The summed E-state index contributed by atoms with van der Waals surface area (Å²) in [5, 5.41) is 20.6. The van der Waals surface area contributed by atoms with Crippen LogP contribution in [0.3, 0.4) is 0 Å². The number of aromatic hydroxyl groups is 1. The molecule has 2 aromatic heterocycles. The molecule has 176 valence electrons. The van der Waals surface area contributed by atoms with E-state index in [2.05, 4.69) is 25.4 Å². The molecule has 1 saturated heterocycles. The number of halogens is 1. The van der Waals surface area contributed by atoms with Crippen molar-refractivity contribution in [1.29, 1.82) is 0 Å². The van der Waals surface area contributed by atoms with Gasteiger partial charge in [0.05, 0.1) is 16.8 Å². The Hall–Kier alpha value is -3.50. The Bertz CT molecular complexity index is 1490. The molecule has 0 spiro atoms. The van der Waals surface area contributed by atoms with E-state index in [0.29, 0.717) is 27.9 Å². The SMILES string of the molecule is Cc1n[nH]c2nc(-c3ccc(O)cc3F)c(S(C)(=O)=O)c(-c3ccc(N4CCNCC4)cc3)c12. The van der Waals surface area contributed by atoms with Crippen LogP contribution in [-0.4, -0.2) is 61.1 Å². The summed E-state index contributed by atoms with van der Waals surface area (Å²) in [5.74, 6) is -1.03. The molecule has 4 aromatic rings. The number of piperazine rings is 1. The summed E-state index contributed by atoms with van der Waals surface area (Å²) in [7, 11) is -3.86. The highest BCUT2D eigenvalue weighted by atomic mass is 32.2. The minimum Gasteiger partial charge on any atom is -0.508 e. The minimum atomic E-state index is -3.86. The van der Waals surface area contributed by atoms with Crippen LogP contribution in [0, 0.1) is 12.7 Å². The zero-order valence-corrected chi connectivity index (χ0v) is 19.6. The van der Waals surface area contributed by atoms with Crippen LogP contribution < -0.4 is 10.2 Å². The number of H-pyrrole nitrogens is 1. The summed E-state index contributed by atoms with van der Waals surface area (Å²) in [6.07, 6.45) is 1.09. The van der Waals surface area contributed by atoms with E-state index in [-0.39, 0.29) is 21.9 Å². The highest BCUT2D eigenvalue weighted by Gasteiger charge is 2.28. The zero-order chi connectivity index (χ0) is 24.0. The molecule has 3 N–H and O–H groups in total. The molecule has 1 aliphatic heterocycles. The van der Waals surface area contributed by atoms with Crippen LogP contribution in [0.15, 0.2) is 47.4 Å². The molecule has 0 bridgehead atoms. The van der Waals surface area contributed by atoms with E-state index in [1.54, 1.807) is 6.92 Å². The number of phenols is 1. The number of hydrogen-bond acceptors (Lipinski definition) is 7. The molecule has 8 nitrogen and oxygen atoms in total. The van der Waals surface area contributed by atoms with Gasteiger partial charge in [-0.25, -0.2) is 17.8 Å². The first-order valence-electron chi connectivity index (χ1n) is 10.9. The van der Waals surface area contributed by atoms with E-state index in [1.807, 2.05) is 24.3 Å². The van der Waals surface area contributed by atoms with Gasteiger partial charge in [0.1, 0.15) is 16.5 Å². The minimum absolute atomic E-state index is 0.0222. The molecule has 1 fully saturated rings. The van der Waals surface area contributed by atoms with Crippen molar-refractivity contribution in [3.05, 3.63) is 54.0 Å². The molecule has 0 radical (unpaired) electrons. The van der Waals surface area contributed by atoms with Crippen LogP contribution >= 0.6 is 0 Å². The molecule has 5 rings (SSSR count). The number of anilines is 1. The Balaban J connectivity index is 1.79. The van der Waals surface area contributed by atoms with E-state index in [0.717, 1.165) is 44.2 Å². The van der Waals surface area contributed by atoms with Gasteiger partial charge in [-0.15, -0.1) is 0 Å². The lowest BCUT2D eigenvalue weighted by atomic mass is 9.98. The second-order valence-corrected chi connectivity index (χ2v) is 10.4. The molecule has 2 aromatic carbocycles. The lowest BCUT2D eigenvalue weighted by molar-refractivity contribution is 0.469. The zero-order valence-electron chi connectivity index (χ0n) is 18.8. The van der Waals surface area contributed by atoms with Gasteiger partial charge in [-0.3, -0.25) is 5.10 Å². The van der Waals surface area contributed by atoms with E-state index >= 15 is 0 Å². The van der Waals surface area contributed by atoms with Crippen molar-refractivity contribution in [1.82, 2.24) is 20.5 Å². The standard InChI is InChI=1S/C24H24FN5O3S/c1-14-20-21(15-3-5-16(6-4-15)30-11-9-26-10-12-30)23(34(2,32)33)22(27-24(20)29-28-14)18-8-7-17(31)13-19(18)25/h3-8,13,26,31H,9-12H2,1-2H3,(H,27,28,29). The number of aromatic amines is 1. The Kier molecular flexibility index (Phi) is 5.49. The number of phenolic OH excluding ortho intramolecular Hbond substituents is 1. The lowest BCUT2D eigenvalue weighted by Gasteiger charge is -2.29. The maximum Gasteiger partial charge on any atom is 0.178 e. The van der Waals surface area contributed by atoms with Gasteiger partial charge in [-0.1, -0.05) is 12.1 Å². The number of nitrogens with one attached hydrogen (secondary N) is 2. The number of pyridine rings is 1. The molecule has 0 amide bonds. The molecule has 10 heteroatoms. The largest absolute Gasteiger partial charge is 0.508 e. The van der Waals surface area contributed by atoms with Crippen molar-refractivity contribution in [2.24, 2.45) is 0 Å². The first-order valence-corrected chi connectivity index (χ1v) is 12.8. The number of benzene rings is 2. The number of rotatable bonds is 4. The smallest absolute Gasteiger partial charge is 0.178 e. The summed E-state index contributed by atoms with van der Waals surface area (Å²) < 4.78 is 41.1. The number of sulfone groups is 1. The topological polar surface area (TPSA) is 111 Å². The molecule has 0 saturated carbocycles. The fourth-order valence-electron chi connectivity index (χ4n) is 4.47. The second kappa shape index (κ2) is 8.37. The van der Waals surface area contributed by atoms with Gasteiger partial charge in [-0.2, -0.15) is 5.10 Å². The average Bonchev–Trinajstić information content (AvgIpc) is 3.18. The van der Waals surface area contributed by atoms with Gasteiger partial charge < -0.3 is 15.3 Å². The van der Waals surface area contributed by atoms with Gasteiger partial charge >= 0.3 is 0 Å². The normalized spacial score (nSPS) is 14.6. The molecule has 0 atom stereocenters. The van der Waals surface area contributed by atoms with Crippen molar-refractivity contribution in [3.8, 4) is 28.1 Å². The molecule has 1 aliphatic rings. The fraction of sp³-hybridized carbons (Fsp3) is 0.250. The first kappa shape index (κ1) is 22.3. The van der Waals surface area contributed by atoms with Crippen molar-refractivity contribution in [2.75, 3.05) is 37.3 Å². The summed E-state index contributed by atoms with van der Waals surface area (Å²) in [4.78, 5) is 6.65. The Morgan fingerprint density at radius 1 is 1.09 bits per heavy atom. The number of hydrogen-bond donors (Lipinski definition) is 3. The van der Waals surface area contributed by atoms with Gasteiger partial charge in [0, 0.05) is 55.3 Å². The van der Waals surface area contributed by atoms with Gasteiger partial charge in [0.15, 0.2) is 15.5 Å². The lowest BCUT2D eigenvalue weighted by Crippen LogP contribution is -2.43. The van der Waals surface area contributed by atoms with Crippen molar-refractivity contribution < 1.29 is 17.9 Å². The Morgan fingerprint density at radius 3 is 2.44 bits per heavy atom.